The molecule has 2 N–H and O–H groups in total. The van der Waals surface area contributed by atoms with E-state index < -0.39 is 27.6 Å². The molecular weight excluding hydrogens is 428 g/mol. The van der Waals surface area contributed by atoms with Gasteiger partial charge in [-0.05, 0) is 30.3 Å². The normalized spacial score (nSPS) is 14.8. The van der Waals surface area contributed by atoms with Crippen molar-refractivity contribution < 1.29 is 31.7 Å². The van der Waals surface area contributed by atoms with Gasteiger partial charge in [-0.3, -0.25) is 9.35 Å². The molecule has 1 saturated heterocycles. The number of aromatic nitrogens is 1. The number of aliphatic carboxylic acids is 1. The summed E-state index contributed by atoms with van der Waals surface area (Å²) in [6.45, 7) is 0.773. The number of rotatable bonds is 4. The summed E-state index contributed by atoms with van der Waals surface area (Å²) in [5, 5.41) is 9.61. The number of carboxylic acid groups (broad SMARTS) is 1. The number of carboxylic acids is 1. The number of fused-ring (bicyclic) bond motifs is 2. The van der Waals surface area contributed by atoms with Crippen LogP contribution in [0.1, 0.15) is 0 Å². The van der Waals surface area contributed by atoms with Crippen molar-refractivity contribution in [3.63, 3.8) is 0 Å². The predicted molar refractivity (Wildman–Crippen MR) is 109 cm³/mol. The van der Waals surface area contributed by atoms with Crippen LogP contribution in [0.15, 0.2) is 61.0 Å². The van der Waals surface area contributed by atoms with E-state index in [9.17, 15) is 22.6 Å². The quantitative estimate of drug-likeness (QED) is 0.356. The topological polar surface area (TPSA) is 151 Å². The summed E-state index contributed by atoms with van der Waals surface area (Å²) in [5.74, 6) is -1.30. The molecular formula is C20H14N2O8S. The molecule has 0 unspecified atom stereocenters. The summed E-state index contributed by atoms with van der Waals surface area (Å²) in [6.07, 6.45) is 0. The van der Waals surface area contributed by atoms with Gasteiger partial charge in [0.2, 0.25) is 5.89 Å². The molecule has 3 heterocycles. The maximum absolute atomic E-state index is 12.5. The molecule has 0 amide bonds. The Morgan fingerprint density at radius 1 is 1.06 bits per heavy atom. The summed E-state index contributed by atoms with van der Waals surface area (Å²) in [6, 6.07) is 10.4. The van der Waals surface area contributed by atoms with Gasteiger partial charge < -0.3 is 18.8 Å². The van der Waals surface area contributed by atoms with Crippen molar-refractivity contribution in [3.8, 4) is 11.5 Å². The number of nitrogens with zero attached hydrogens (tertiary/aromatic N) is 2. The Morgan fingerprint density at radius 2 is 1.84 bits per heavy atom. The Bertz CT molecular complexity index is 1530. The maximum Gasteiger partial charge on any atom is 0.349 e. The van der Waals surface area contributed by atoms with Gasteiger partial charge in [0.05, 0.1) is 10.8 Å². The highest BCUT2D eigenvalue weighted by Gasteiger charge is 2.32. The first kappa shape index (κ1) is 19.3. The summed E-state index contributed by atoms with van der Waals surface area (Å²) >= 11 is 0. The van der Waals surface area contributed by atoms with E-state index in [2.05, 4.69) is 4.98 Å². The van der Waals surface area contributed by atoms with Gasteiger partial charge in [0.1, 0.15) is 16.7 Å². The van der Waals surface area contributed by atoms with E-state index in [4.69, 9.17) is 13.9 Å². The van der Waals surface area contributed by atoms with Crippen LogP contribution in [0, 0.1) is 5.92 Å². The Balaban J connectivity index is 1.52. The molecule has 1 aliphatic heterocycles. The van der Waals surface area contributed by atoms with Gasteiger partial charge in [0, 0.05) is 36.3 Å². The number of hydrogen-bond donors (Lipinski definition) is 2. The molecule has 0 saturated carbocycles. The molecule has 0 radical (unpaired) electrons. The minimum Gasteiger partial charge on any atom is -0.481 e. The van der Waals surface area contributed by atoms with Gasteiger partial charge in [0.15, 0.2) is 5.58 Å². The van der Waals surface area contributed by atoms with Crippen LogP contribution in [0.2, 0.25) is 0 Å². The summed E-state index contributed by atoms with van der Waals surface area (Å²) in [5.41, 5.74) is 0.835. The second-order valence-corrected chi connectivity index (χ2v) is 8.65. The zero-order valence-corrected chi connectivity index (χ0v) is 16.5. The second-order valence-electron chi connectivity index (χ2n) is 7.23. The lowest BCUT2D eigenvalue weighted by atomic mass is 9.99. The third kappa shape index (κ3) is 3.33. The lowest BCUT2D eigenvalue weighted by molar-refractivity contribution is -0.142. The molecule has 11 heteroatoms. The van der Waals surface area contributed by atoms with E-state index in [1.54, 1.807) is 24.3 Å². The van der Waals surface area contributed by atoms with Crippen LogP contribution in [0.4, 0.5) is 5.69 Å². The third-order valence-electron chi connectivity index (χ3n) is 5.20. The van der Waals surface area contributed by atoms with Crippen molar-refractivity contribution in [2.24, 2.45) is 5.92 Å². The van der Waals surface area contributed by atoms with Crippen molar-refractivity contribution in [1.29, 1.82) is 0 Å². The maximum atomic E-state index is 12.5. The number of benzene rings is 2. The first-order valence-corrected chi connectivity index (χ1v) is 10.6. The second kappa shape index (κ2) is 6.65. The molecule has 0 atom stereocenters. The predicted octanol–water partition coefficient (Wildman–Crippen LogP) is 2.37. The smallest absolute Gasteiger partial charge is 0.349 e. The van der Waals surface area contributed by atoms with Crippen LogP contribution in [0.5, 0.6) is 0 Å². The van der Waals surface area contributed by atoms with E-state index >= 15 is 0 Å². The highest BCUT2D eigenvalue weighted by molar-refractivity contribution is 7.85. The van der Waals surface area contributed by atoms with Crippen LogP contribution in [-0.4, -0.2) is 42.1 Å². The largest absolute Gasteiger partial charge is 0.481 e. The summed E-state index contributed by atoms with van der Waals surface area (Å²) < 4.78 is 42.7. The molecule has 2 aromatic carbocycles. The number of anilines is 1. The average Bonchev–Trinajstić information content (AvgIpc) is 3.08. The Labute approximate surface area is 174 Å². The van der Waals surface area contributed by atoms with Crippen molar-refractivity contribution in [2.75, 3.05) is 18.0 Å². The highest BCUT2D eigenvalue weighted by atomic mass is 32.2. The fourth-order valence-electron chi connectivity index (χ4n) is 3.47. The molecule has 158 valence electrons. The molecule has 1 fully saturated rings. The molecule has 10 nitrogen and oxygen atoms in total. The zero-order valence-electron chi connectivity index (χ0n) is 15.7. The Morgan fingerprint density at radius 3 is 2.55 bits per heavy atom. The van der Waals surface area contributed by atoms with Crippen LogP contribution in [-0.2, 0) is 14.9 Å². The van der Waals surface area contributed by atoms with Crippen molar-refractivity contribution in [1.82, 2.24) is 4.98 Å². The molecule has 0 aliphatic carbocycles. The van der Waals surface area contributed by atoms with Crippen molar-refractivity contribution in [2.45, 2.75) is 4.90 Å². The standard InChI is InChI=1S/C20H14N2O8S/c23-19(24)11-8-22(9-11)12-2-1-10-5-14(20(25)30-16(10)6-12)18-21-15-4-3-13(31(26,27)28)7-17(15)29-18/h1-7,11H,8-9H2,(H,23,24)(H,26,27,28). The van der Waals surface area contributed by atoms with E-state index in [1.165, 1.54) is 12.1 Å². The highest BCUT2D eigenvalue weighted by Crippen LogP contribution is 2.30. The molecule has 0 spiro atoms. The summed E-state index contributed by atoms with van der Waals surface area (Å²) in [7, 11) is -4.41. The molecule has 1 aliphatic rings. The number of hydrogen-bond acceptors (Lipinski definition) is 8. The fourth-order valence-corrected chi connectivity index (χ4v) is 3.97. The van der Waals surface area contributed by atoms with Crippen LogP contribution >= 0.6 is 0 Å². The lowest BCUT2D eigenvalue weighted by Gasteiger charge is -2.38. The molecule has 4 aromatic rings. The third-order valence-corrected chi connectivity index (χ3v) is 6.05. The Kier molecular flexibility index (Phi) is 4.14. The lowest BCUT2D eigenvalue weighted by Crippen LogP contribution is -2.50. The van der Waals surface area contributed by atoms with Crippen molar-refractivity contribution in [3.05, 3.63) is 52.9 Å². The minimum absolute atomic E-state index is 0.0470. The summed E-state index contributed by atoms with van der Waals surface area (Å²) in [4.78, 5) is 29.2. The van der Waals surface area contributed by atoms with Gasteiger partial charge in [-0.15, -0.1) is 0 Å². The molecule has 2 aromatic heterocycles. The first-order valence-electron chi connectivity index (χ1n) is 9.13. The molecule has 0 bridgehead atoms. The molecule has 5 rings (SSSR count). The van der Waals surface area contributed by atoms with Gasteiger partial charge in [-0.1, -0.05) is 0 Å². The number of carbonyl (C=O) groups is 1. The van der Waals surface area contributed by atoms with E-state index in [0.717, 1.165) is 11.8 Å². The minimum atomic E-state index is -4.41. The van der Waals surface area contributed by atoms with Crippen LogP contribution < -0.4 is 10.5 Å². The average molecular weight is 442 g/mol. The van der Waals surface area contributed by atoms with Gasteiger partial charge in [0.25, 0.3) is 10.1 Å². The van der Waals surface area contributed by atoms with Gasteiger partial charge in [-0.2, -0.15) is 8.42 Å². The number of oxazole rings is 1. The van der Waals surface area contributed by atoms with Crippen LogP contribution in [0.25, 0.3) is 33.5 Å². The molecule has 31 heavy (non-hydrogen) atoms. The van der Waals surface area contributed by atoms with E-state index in [-0.39, 0.29) is 21.9 Å². The first-order chi connectivity index (χ1) is 14.7. The van der Waals surface area contributed by atoms with Gasteiger partial charge >= 0.3 is 11.6 Å². The van der Waals surface area contributed by atoms with Crippen LogP contribution in [0.3, 0.4) is 0 Å². The van der Waals surface area contributed by atoms with E-state index in [1.807, 2.05) is 4.90 Å². The van der Waals surface area contributed by atoms with Crippen molar-refractivity contribution >= 4 is 43.8 Å². The SMILES string of the molecule is O=C(O)C1CN(c2ccc3cc(-c4nc5ccc(S(=O)(=O)O)cc5o4)c(=O)oc3c2)C1. The van der Waals surface area contributed by atoms with Gasteiger partial charge in [-0.25, -0.2) is 9.78 Å². The zero-order chi connectivity index (χ0) is 21.9. The monoisotopic (exact) mass is 442 g/mol. The Hall–Kier alpha value is -3.70. The fraction of sp³-hybridized carbons (Fsp3) is 0.150. The van der Waals surface area contributed by atoms with E-state index in [0.29, 0.717) is 29.6 Å².